The number of carbonyl (C=O) groups excluding carboxylic acids is 1. The molecule has 1 unspecified atom stereocenters. The zero-order chi connectivity index (χ0) is 12.0. The van der Waals surface area contributed by atoms with Crippen molar-refractivity contribution in [3.05, 3.63) is 34.9 Å². The second-order valence-corrected chi connectivity index (χ2v) is 3.78. The van der Waals surface area contributed by atoms with E-state index in [1.165, 1.54) is 0 Å². The average Bonchev–Trinajstić information content (AvgIpc) is 2.31. The van der Waals surface area contributed by atoms with Crippen LogP contribution >= 0.6 is 11.6 Å². The van der Waals surface area contributed by atoms with E-state index < -0.39 is 6.10 Å². The Balaban J connectivity index is 2.49. The molecular formula is C11H15ClN2O2. The van der Waals surface area contributed by atoms with Crippen LogP contribution in [0.5, 0.6) is 0 Å². The molecule has 1 rings (SSSR count). The van der Waals surface area contributed by atoms with Gasteiger partial charge in [-0.25, -0.2) is 5.84 Å². The minimum atomic E-state index is -0.513. The zero-order valence-corrected chi connectivity index (χ0v) is 9.83. The van der Waals surface area contributed by atoms with Crippen LogP contribution in [-0.4, -0.2) is 12.0 Å². The molecule has 0 fully saturated rings. The highest BCUT2D eigenvalue weighted by Gasteiger charge is 2.15. The van der Waals surface area contributed by atoms with Crippen molar-refractivity contribution >= 4 is 17.5 Å². The van der Waals surface area contributed by atoms with E-state index in [1.807, 2.05) is 19.1 Å². The summed E-state index contributed by atoms with van der Waals surface area (Å²) >= 11 is 5.75. The quantitative estimate of drug-likeness (QED) is 0.469. The van der Waals surface area contributed by atoms with Crippen molar-refractivity contribution < 1.29 is 9.53 Å². The fourth-order valence-electron chi connectivity index (χ4n) is 1.25. The van der Waals surface area contributed by atoms with Crippen LogP contribution in [0, 0.1) is 0 Å². The van der Waals surface area contributed by atoms with E-state index in [-0.39, 0.29) is 5.91 Å². The van der Waals surface area contributed by atoms with E-state index in [1.54, 1.807) is 12.1 Å². The summed E-state index contributed by atoms with van der Waals surface area (Å²) in [4.78, 5) is 11.2. The molecule has 0 saturated heterocycles. The zero-order valence-electron chi connectivity index (χ0n) is 9.07. The van der Waals surface area contributed by atoms with Gasteiger partial charge in [-0.05, 0) is 24.1 Å². The van der Waals surface area contributed by atoms with Crippen molar-refractivity contribution in [1.82, 2.24) is 5.43 Å². The lowest BCUT2D eigenvalue weighted by atomic mass is 10.2. The first-order valence-electron chi connectivity index (χ1n) is 5.04. The van der Waals surface area contributed by atoms with E-state index in [2.05, 4.69) is 5.43 Å². The predicted octanol–water partition coefficient (Wildman–Crippen LogP) is 1.63. The molecule has 16 heavy (non-hydrogen) atoms. The van der Waals surface area contributed by atoms with Crippen LogP contribution in [0.4, 0.5) is 0 Å². The fraction of sp³-hybridized carbons (Fsp3) is 0.364. The summed E-state index contributed by atoms with van der Waals surface area (Å²) in [6, 6.07) is 7.28. The van der Waals surface area contributed by atoms with Crippen molar-refractivity contribution in [3.8, 4) is 0 Å². The van der Waals surface area contributed by atoms with Gasteiger partial charge in [0.15, 0.2) is 0 Å². The molecule has 0 aromatic heterocycles. The molecule has 1 aromatic carbocycles. The lowest BCUT2D eigenvalue weighted by Crippen LogP contribution is -2.40. The van der Waals surface area contributed by atoms with Crippen LogP contribution in [0.25, 0.3) is 0 Å². The Morgan fingerprint density at radius 1 is 1.50 bits per heavy atom. The first-order chi connectivity index (χ1) is 7.67. The van der Waals surface area contributed by atoms with Crippen molar-refractivity contribution in [2.45, 2.75) is 26.1 Å². The Labute approximate surface area is 99.7 Å². The monoisotopic (exact) mass is 242 g/mol. The van der Waals surface area contributed by atoms with Gasteiger partial charge in [-0.15, -0.1) is 0 Å². The summed E-state index contributed by atoms with van der Waals surface area (Å²) in [5.41, 5.74) is 3.04. The lowest BCUT2D eigenvalue weighted by molar-refractivity contribution is -0.133. The highest BCUT2D eigenvalue weighted by Crippen LogP contribution is 2.11. The Kier molecular flexibility index (Phi) is 5.25. The van der Waals surface area contributed by atoms with Gasteiger partial charge < -0.3 is 4.74 Å². The molecule has 0 heterocycles. The molecule has 1 atom stereocenters. The number of carbonyl (C=O) groups is 1. The topological polar surface area (TPSA) is 64.3 Å². The molecule has 1 aromatic rings. The summed E-state index contributed by atoms with van der Waals surface area (Å²) < 4.78 is 5.43. The number of benzene rings is 1. The van der Waals surface area contributed by atoms with Gasteiger partial charge in [0.1, 0.15) is 6.10 Å². The largest absolute Gasteiger partial charge is 0.364 e. The van der Waals surface area contributed by atoms with E-state index in [0.29, 0.717) is 18.1 Å². The summed E-state index contributed by atoms with van der Waals surface area (Å²) in [6.07, 6.45) is 0.0667. The number of nitrogens with two attached hydrogens (primary N) is 1. The maximum absolute atomic E-state index is 11.2. The Hall–Kier alpha value is -1.10. The second kappa shape index (κ2) is 6.48. The summed E-state index contributed by atoms with van der Waals surface area (Å²) in [5.74, 6) is 4.73. The molecule has 0 aliphatic heterocycles. The van der Waals surface area contributed by atoms with Gasteiger partial charge in [-0.2, -0.15) is 0 Å². The molecule has 0 aliphatic rings. The van der Waals surface area contributed by atoms with Crippen molar-refractivity contribution in [2.75, 3.05) is 0 Å². The SMILES string of the molecule is CCC(OCc1ccc(Cl)cc1)C(=O)NN. The van der Waals surface area contributed by atoms with Gasteiger partial charge >= 0.3 is 0 Å². The molecule has 0 radical (unpaired) electrons. The molecule has 3 N–H and O–H groups in total. The highest BCUT2D eigenvalue weighted by atomic mass is 35.5. The maximum atomic E-state index is 11.2. The summed E-state index contributed by atoms with van der Waals surface area (Å²) in [7, 11) is 0. The number of rotatable bonds is 5. The number of nitrogens with one attached hydrogen (secondary N) is 1. The van der Waals surface area contributed by atoms with Crippen molar-refractivity contribution in [1.29, 1.82) is 0 Å². The Morgan fingerprint density at radius 2 is 2.12 bits per heavy atom. The Bertz CT molecular complexity index is 340. The molecule has 0 saturated carbocycles. The minimum Gasteiger partial charge on any atom is -0.364 e. The van der Waals surface area contributed by atoms with Crippen LogP contribution in [0.3, 0.4) is 0 Å². The van der Waals surface area contributed by atoms with E-state index in [0.717, 1.165) is 5.56 Å². The third kappa shape index (κ3) is 3.81. The van der Waals surface area contributed by atoms with E-state index >= 15 is 0 Å². The minimum absolute atomic E-state index is 0.309. The third-order valence-electron chi connectivity index (χ3n) is 2.17. The van der Waals surface area contributed by atoms with Crippen molar-refractivity contribution in [2.24, 2.45) is 5.84 Å². The lowest BCUT2D eigenvalue weighted by Gasteiger charge is -2.14. The molecule has 1 amide bonds. The molecule has 0 bridgehead atoms. The molecule has 88 valence electrons. The molecule has 0 aliphatic carbocycles. The second-order valence-electron chi connectivity index (χ2n) is 3.34. The fourth-order valence-corrected chi connectivity index (χ4v) is 1.38. The summed E-state index contributed by atoms with van der Waals surface area (Å²) in [5, 5.41) is 0.676. The first kappa shape index (κ1) is 13.0. The van der Waals surface area contributed by atoms with Crippen LogP contribution in [0.2, 0.25) is 5.02 Å². The van der Waals surface area contributed by atoms with Gasteiger partial charge in [-0.3, -0.25) is 10.2 Å². The van der Waals surface area contributed by atoms with Gasteiger partial charge in [0.25, 0.3) is 5.91 Å². The normalized spacial score (nSPS) is 12.2. The number of amides is 1. The van der Waals surface area contributed by atoms with E-state index in [4.69, 9.17) is 22.2 Å². The number of halogens is 1. The van der Waals surface area contributed by atoms with Crippen molar-refractivity contribution in [3.63, 3.8) is 0 Å². The van der Waals surface area contributed by atoms with Gasteiger partial charge in [0.05, 0.1) is 6.61 Å². The van der Waals surface area contributed by atoms with Gasteiger partial charge in [0.2, 0.25) is 0 Å². The van der Waals surface area contributed by atoms with Gasteiger partial charge in [-0.1, -0.05) is 30.7 Å². The van der Waals surface area contributed by atoms with E-state index in [9.17, 15) is 4.79 Å². The van der Waals surface area contributed by atoms with Gasteiger partial charge in [0, 0.05) is 5.02 Å². The number of hydrogen-bond acceptors (Lipinski definition) is 3. The number of hydrogen-bond donors (Lipinski definition) is 2. The van der Waals surface area contributed by atoms with Crippen LogP contribution in [0.15, 0.2) is 24.3 Å². The number of hydrazine groups is 1. The smallest absolute Gasteiger partial charge is 0.262 e. The average molecular weight is 243 g/mol. The predicted molar refractivity (Wildman–Crippen MR) is 62.7 cm³/mol. The standard InChI is InChI=1S/C11H15ClN2O2/c1-2-10(11(15)14-13)16-7-8-3-5-9(12)6-4-8/h3-6,10H,2,7,13H2,1H3,(H,14,15). The van der Waals surface area contributed by atoms with Crippen LogP contribution in [0.1, 0.15) is 18.9 Å². The maximum Gasteiger partial charge on any atom is 0.262 e. The highest BCUT2D eigenvalue weighted by molar-refractivity contribution is 6.30. The Morgan fingerprint density at radius 3 is 2.62 bits per heavy atom. The molecule has 4 nitrogen and oxygen atoms in total. The summed E-state index contributed by atoms with van der Waals surface area (Å²) in [6.45, 7) is 2.23. The molecular weight excluding hydrogens is 228 g/mol. The van der Waals surface area contributed by atoms with Crippen LogP contribution in [-0.2, 0) is 16.1 Å². The molecule has 5 heteroatoms. The third-order valence-corrected chi connectivity index (χ3v) is 2.42. The first-order valence-corrected chi connectivity index (χ1v) is 5.41. The molecule has 0 spiro atoms. The van der Waals surface area contributed by atoms with Crippen LogP contribution < -0.4 is 11.3 Å². The number of ether oxygens (including phenoxy) is 1.